The summed E-state index contributed by atoms with van der Waals surface area (Å²) in [5, 5.41) is 10.2. The van der Waals surface area contributed by atoms with Crippen molar-refractivity contribution in [1.82, 2.24) is 20.0 Å². The number of amides is 3. The topological polar surface area (TPSA) is 79.3 Å². The SMILES string of the molecule is Cc1cc(C)n(-c2cccc(NC(=O)N[C@@H](C)CN3CCCC3=O)c2)n1. The van der Waals surface area contributed by atoms with Crippen molar-refractivity contribution in [3.63, 3.8) is 0 Å². The van der Waals surface area contributed by atoms with Crippen molar-refractivity contribution < 1.29 is 9.59 Å². The summed E-state index contributed by atoms with van der Waals surface area (Å²) in [6, 6.07) is 9.16. The number of aryl methyl sites for hydroxylation is 2. The largest absolute Gasteiger partial charge is 0.341 e. The van der Waals surface area contributed by atoms with Gasteiger partial charge >= 0.3 is 6.03 Å². The molecule has 1 aliphatic heterocycles. The zero-order valence-electron chi connectivity index (χ0n) is 15.5. The Morgan fingerprint density at radius 1 is 1.31 bits per heavy atom. The van der Waals surface area contributed by atoms with E-state index in [1.165, 1.54) is 0 Å². The number of likely N-dealkylation sites (tertiary alicyclic amines) is 1. The van der Waals surface area contributed by atoms with Crippen LogP contribution in [0.5, 0.6) is 0 Å². The molecule has 2 heterocycles. The molecule has 0 aliphatic carbocycles. The minimum Gasteiger partial charge on any atom is -0.341 e. The van der Waals surface area contributed by atoms with Crippen molar-refractivity contribution in [2.75, 3.05) is 18.4 Å². The average molecular weight is 355 g/mol. The summed E-state index contributed by atoms with van der Waals surface area (Å²) in [6.45, 7) is 7.16. The first-order valence-corrected chi connectivity index (χ1v) is 8.91. The second kappa shape index (κ2) is 7.59. The van der Waals surface area contributed by atoms with Crippen molar-refractivity contribution in [3.05, 3.63) is 41.7 Å². The van der Waals surface area contributed by atoms with Crippen LogP contribution >= 0.6 is 0 Å². The molecular formula is C19H25N5O2. The van der Waals surface area contributed by atoms with Gasteiger partial charge in [0, 0.05) is 36.9 Å². The number of carbonyl (C=O) groups is 2. The Kier molecular flexibility index (Phi) is 5.25. The molecule has 0 radical (unpaired) electrons. The molecule has 3 rings (SSSR count). The van der Waals surface area contributed by atoms with Crippen LogP contribution in [0.1, 0.15) is 31.2 Å². The van der Waals surface area contributed by atoms with Gasteiger partial charge < -0.3 is 15.5 Å². The van der Waals surface area contributed by atoms with Crippen LogP contribution in [0.15, 0.2) is 30.3 Å². The maximum Gasteiger partial charge on any atom is 0.319 e. The molecule has 2 aromatic rings. The minimum atomic E-state index is -0.283. The van der Waals surface area contributed by atoms with Crippen molar-refractivity contribution in [3.8, 4) is 5.69 Å². The predicted molar refractivity (Wildman–Crippen MR) is 100 cm³/mol. The van der Waals surface area contributed by atoms with E-state index in [4.69, 9.17) is 0 Å². The number of aromatic nitrogens is 2. The van der Waals surface area contributed by atoms with Crippen LogP contribution in [0.2, 0.25) is 0 Å². The van der Waals surface area contributed by atoms with E-state index in [-0.39, 0.29) is 18.0 Å². The highest BCUT2D eigenvalue weighted by atomic mass is 16.2. The number of hydrogen-bond acceptors (Lipinski definition) is 3. The first kappa shape index (κ1) is 18.0. The molecular weight excluding hydrogens is 330 g/mol. The number of hydrogen-bond donors (Lipinski definition) is 2. The second-order valence-electron chi connectivity index (χ2n) is 6.83. The number of nitrogens with zero attached hydrogens (tertiary/aromatic N) is 3. The molecule has 7 nitrogen and oxygen atoms in total. The predicted octanol–water partition coefficient (Wildman–Crippen LogP) is 2.62. The number of urea groups is 1. The summed E-state index contributed by atoms with van der Waals surface area (Å²) in [5.74, 6) is 0.164. The van der Waals surface area contributed by atoms with E-state index in [0.29, 0.717) is 18.7 Å². The normalized spacial score (nSPS) is 15.2. The van der Waals surface area contributed by atoms with Gasteiger partial charge in [-0.2, -0.15) is 5.10 Å². The average Bonchev–Trinajstić information content (AvgIpc) is 3.12. The molecule has 1 atom stereocenters. The van der Waals surface area contributed by atoms with Crippen LogP contribution in [-0.2, 0) is 4.79 Å². The highest BCUT2D eigenvalue weighted by molar-refractivity contribution is 5.89. The molecule has 7 heteroatoms. The highest BCUT2D eigenvalue weighted by Crippen LogP contribution is 2.17. The second-order valence-corrected chi connectivity index (χ2v) is 6.83. The molecule has 1 aromatic carbocycles. The number of anilines is 1. The van der Waals surface area contributed by atoms with E-state index in [0.717, 1.165) is 30.0 Å². The Bertz CT molecular complexity index is 814. The van der Waals surface area contributed by atoms with Gasteiger partial charge in [-0.05, 0) is 51.5 Å². The van der Waals surface area contributed by atoms with E-state index >= 15 is 0 Å². The first-order valence-electron chi connectivity index (χ1n) is 8.91. The number of rotatable bonds is 5. The van der Waals surface area contributed by atoms with E-state index < -0.39 is 0 Å². The van der Waals surface area contributed by atoms with Crippen molar-refractivity contribution >= 4 is 17.6 Å². The Hall–Kier alpha value is -2.83. The number of benzene rings is 1. The van der Waals surface area contributed by atoms with Gasteiger partial charge in [0.1, 0.15) is 0 Å². The minimum absolute atomic E-state index is 0.115. The molecule has 138 valence electrons. The van der Waals surface area contributed by atoms with Gasteiger partial charge in [0.05, 0.1) is 11.4 Å². The van der Waals surface area contributed by atoms with Gasteiger partial charge in [0.2, 0.25) is 5.91 Å². The van der Waals surface area contributed by atoms with Crippen LogP contribution in [0, 0.1) is 13.8 Å². The van der Waals surface area contributed by atoms with E-state index in [2.05, 4.69) is 15.7 Å². The van der Waals surface area contributed by atoms with Crippen LogP contribution in [0.4, 0.5) is 10.5 Å². The standard InChI is InChI=1S/C19H25N5O2/c1-13-10-15(3)24(22-13)17-7-4-6-16(11-17)21-19(26)20-14(2)12-23-9-5-8-18(23)25/h4,6-7,10-11,14H,5,8-9,12H2,1-3H3,(H2,20,21,26)/t14-/m0/s1. The third kappa shape index (κ3) is 4.22. The summed E-state index contributed by atoms with van der Waals surface area (Å²) < 4.78 is 1.85. The lowest BCUT2D eigenvalue weighted by molar-refractivity contribution is -0.127. The summed E-state index contributed by atoms with van der Waals surface area (Å²) in [4.78, 5) is 25.7. The fourth-order valence-corrected chi connectivity index (χ4v) is 3.27. The summed E-state index contributed by atoms with van der Waals surface area (Å²) in [6.07, 6.45) is 1.51. The number of carbonyl (C=O) groups excluding carboxylic acids is 2. The maximum absolute atomic E-state index is 12.2. The zero-order valence-corrected chi connectivity index (χ0v) is 15.5. The third-order valence-corrected chi connectivity index (χ3v) is 4.40. The van der Waals surface area contributed by atoms with Crippen molar-refractivity contribution in [1.29, 1.82) is 0 Å². The summed E-state index contributed by atoms with van der Waals surface area (Å²) >= 11 is 0. The fourth-order valence-electron chi connectivity index (χ4n) is 3.27. The Balaban J connectivity index is 1.60. The zero-order chi connectivity index (χ0) is 18.7. The lowest BCUT2D eigenvalue weighted by Crippen LogP contribution is -2.44. The van der Waals surface area contributed by atoms with Crippen molar-refractivity contribution in [2.24, 2.45) is 0 Å². The molecule has 3 amide bonds. The van der Waals surface area contributed by atoms with Gasteiger partial charge in [0.25, 0.3) is 0 Å². The molecule has 1 aromatic heterocycles. The molecule has 26 heavy (non-hydrogen) atoms. The number of nitrogens with one attached hydrogen (secondary N) is 2. The van der Waals surface area contributed by atoms with Gasteiger partial charge in [-0.1, -0.05) is 6.07 Å². The fraction of sp³-hybridized carbons (Fsp3) is 0.421. The van der Waals surface area contributed by atoms with Crippen molar-refractivity contribution in [2.45, 2.75) is 39.7 Å². The quantitative estimate of drug-likeness (QED) is 0.865. The van der Waals surface area contributed by atoms with E-state index in [1.54, 1.807) is 4.90 Å². The molecule has 1 aliphatic rings. The molecule has 1 fully saturated rings. The lowest BCUT2D eigenvalue weighted by atomic mass is 10.2. The smallest absolute Gasteiger partial charge is 0.319 e. The van der Waals surface area contributed by atoms with Gasteiger partial charge in [0.15, 0.2) is 0 Å². The maximum atomic E-state index is 12.2. The Morgan fingerprint density at radius 3 is 2.77 bits per heavy atom. The summed E-state index contributed by atoms with van der Waals surface area (Å²) in [5.41, 5.74) is 3.57. The van der Waals surface area contributed by atoms with Gasteiger partial charge in [-0.25, -0.2) is 9.48 Å². The van der Waals surface area contributed by atoms with Crippen LogP contribution in [0.3, 0.4) is 0 Å². The summed E-state index contributed by atoms with van der Waals surface area (Å²) in [7, 11) is 0. The van der Waals surface area contributed by atoms with Gasteiger partial charge in [-0.3, -0.25) is 4.79 Å². The van der Waals surface area contributed by atoms with Crippen LogP contribution in [0.25, 0.3) is 5.69 Å². The molecule has 1 saturated heterocycles. The van der Waals surface area contributed by atoms with E-state index in [9.17, 15) is 9.59 Å². The molecule has 0 unspecified atom stereocenters. The van der Waals surface area contributed by atoms with Crippen LogP contribution in [-0.4, -0.2) is 45.8 Å². The third-order valence-electron chi connectivity index (χ3n) is 4.40. The van der Waals surface area contributed by atoms with Gasteiger partial charge in [-0.15, -0.1) is 0 Å². The van der Waals surface area contributed by atoms with Crippen LogP contribution < -0.4 is 10.6 Å². The van der Waals surface area contributed by atoms with E-state index in [1.807, 2.05) is 55.8 Å². The monoisotopic (exact) mass is 355 g/mol. The lowest BCUT2D eigenvalue weighted by Gasteiger charge is -2.21. The Labute approximate surface area is 153 Å². The molecule has 2 N–H and O–H groups in total. The molecule has 0 spiro atoms. The molecule has 0 saturated carbocycles. The highest BCUT2D eigenvalue weighted by Gasteiger charge is 2.22. The Morgan fingerprint density at radius 2 is 2.12 bits per heavy atom. The molecule has 0 bridgehead atoms. The first-order chi connectivity index (χ1) is 12.4.